The summed E-state index contributed by atoms with van der Waals surface area (Å²) < 4.78 is 23.3. The zero-order chi connectivity index (χ0) is 25.7. The molecule has 0 atom stereocenters. The van der Waals surface area contributed by atoms with E-state index in [1.165, 1.54) is 13.3 Å². The van der Waals surface area contributed by atoms with E-state index in [0.717, 1.165) is 22.2 Å². The van der Waals surface area contributed by atoms with Crippen LogP contribution >= 0.6 is 0 Å². The molecule has 0 aliphatic heterocycles. The molecule has 4 aromatic rings. The zero-order valence-electron chi connectivity index (χ0n) is 19.5. The predicted octanol–water partition coefficient (Wildman–Crippen LogP) is 4.17. The summed E-state index contributed by atoms with van der Waals surface area (Å²) in [6, 6.07) is 17.1. The number of hydrogen-bond acceptors (Lipinski definition) is 7. The molecule has 0 N–H and O–H groups in total. The molecule has 0 saturated heterocycles. The maximum absolute atomic E-state index is 13.9. The fourth-order valence-corrected chi connectivity index (χ4v) is 4.08. The van der Waals surface area contributed by atoms with E-state index in [2.05, 4.69) is 11.1 Å². The number of carbonyl (C=O) groups is 2. The van der Waals surface area contributed by atoms with Crippen LogP contribution in [0.3, 0.4) is 0 Å². The molecule has 2 aromatic heterocycles. The first-order chi connectivity index (χ1) is 16.8. The minimum absolute atomic E-state index is 0.254. The first-order valence-corrected chi connectivity index (χ1v) is 11.1. The number of nitrogens with zero attached hydrogens (tertiary/aromatic N) is 3. The number of methoxy groups -OCH3 is 1. The van der Waals surface area contributed by atoms with Gasteiger partial charge in [-0.1, -0.05) is 18.2 Å². The van der Waals surface area contributed by atoms with Crippen LogP contribution in [0.25, 0.3) is 16.6 Å². The summed E-state index contributed by atoms with van der Waals surface area (Å²) in [6.45, 7) is 5.39. The molecule has 0 bridgehead atoms. The van der Waals surface area contributed by atoms with Crippen molar-refractivity contribution in [3.05, 3.63) is 93.9 Å². The number of para-hydroxylation sites is 1. The number of hydrogen-bond donors (Lipinski definition) is 0. The lowest BCUT2D eigenvalue weighted by Gasteiger charge is -2.14. The Morgan fingerprint density at radius 1 is 1.06 bits per heavy atom. The van der Waals surface area contributed by atoms with Gasteiger partial charge in [-0.15, -0.1) is 0 Å². The van der Waals surface area contributed by atoms with Gasteiger partial charge in [-0.2, -0.15) is 13.7 Å². The van der Waals surface area contributed by atoms with E-state index in [9.17, 15) is 14.9 Å². The lowest BCUT2D eigenvalue weighted by atomic mass is 9.97. The summed E-state index contributed by atoms with van der Waals surface area (Å²) in [4.78, 5) is 30.4. The Morgan fingerprint density at radius 3 is 2.31 bits per heavy atom. The van der Waals surface area contributed by atoms with Crippen LogP contribution in [0.4, 0.5) is 0 Å². The van der Waals surface area contributed by atoms with Gasteiger partial charge >= 0.3 is 17.5 Å². The average molecular weight is 488 g/mol. The van der Waals surface area contributed by atoms with Crippen LogP contribution in [0, 0.1) is 32.1 Å². The minimum Gasteiger partial charge on any atom is -0.465 e. The number of aromatic nitrogens is 2. The fourth-order valence-electron chi connectivity index (χ4n) is 4.08. The fraction of sp³-hybridized carbons (Fsp3) is 0.154. The van der Waals surface area contributed by atoms with Gasteiger partial charge in [0, 0.05) is 28.5 Å². The van der Waals surface area contributed by atoms with Gasteiger partial charge in [0.15, 0.2) is 0 Å². The van der Waals surface area contributed by atoms with E-state index in [1.807, 2.05) is 54.0 Å². The van der Waals surface area contributed by atoms with Gasteiger partial charge < -0.3 is 9.30 Å². The van der Waals surface area contributed by atoms with Crippen molar-refractivity contribution in [3.8, 4) is 11.8 Å². The second-order valence-electron chi connectivity index (χ2n) is 7.68. The monoisotopic (exact) mass is 487 g/mol. The van der Waals surface area contributed by atoms with Crippen LogP contribution in [0.2, 0.25) is 0 Å². The third kappa shape index (κ3) is 4.78. The standard InChI is InChI=1S/C26H21N3O3.O2S/c1-15-10-18(13-27)11-22-20(15)12-23(29(22)19-8-6-5-7-9-19)25(30)24-16(2)21(26(31)32-4)14-28-17(24)3;1-3-2/h5-12,14H,1-4H3;. The van der Waals surface area contributed by atoms with Crippen molar-refractivity contribution in [3.63, 3.8) is 0 Å². The maximum Gasteiger partial charge on any atom is 0.339 e. The minimum atomic E-state index is -0.750. The van der Waals surface area contributed by atoms with Gasteiger partial charge in [-0.3, -0.25) is 9.78 Å². The lowest BCUT2D eigenvalue weighted by Crippen LogP contribution is -2.16. The second-order valence-corrected chi connectivity index (χ2v) is 7.82. The van der Waals surface area contributed by atoms with Crippen molar-refractivity contribution in [2.45, 2.75) is 20.8 Å². The number of ketones is 1. The highest BCUT2D eigenvalue weighted by molar-refractivity contribution is 7.51. The Morgan fingerprint density at radius 2 is 1.71 bits per heavy atom. The van der Waals surface area contributed by atoms with Crippen LogP contribution in [0.15, 0.2) is 54.7 Å². The molecular weight excluding hydrogens is 466 g/mol. The molecule has 0 amide bonds. The van der Waals surface area contributed by atoms with E-state index >= 15 is 0 Å². The molecule has 0 radical (unpaired) electrons. The van der Waals surface area contributed by atoms with Crippen molar-refractivity contribution < 1.29 is 22.7 Å². The molecule has 0 unspecified atom stereocenters. The van der Waals surface area contributed by atoms with Crippen molar-refractivity contribution in [1.29, 1.82) is 5.26 Å². The van der Waals surface area contributed by atoms with Crippen LogP contribution < -0.4 is 0 Å². The highest BCUT2D eigenvalue weighted by Crippen LogP contribution is 2.31. The molecule has 0 aliphatic rings. The van der Waals surface area contributed by atoms with Crippen LogP contribution in [-0.4, -0.2) is 36.8 Å². The summed E-state index contributed by atoms with van der Waals surface area (Å²) in [7, 11) is 1.30. The Kier molecular flexibility index (Phi) is 7.69. The first-order valence-electron chi connectivity index (χ1n) is 10.4. The topological polar surface area (TPSA) is 119 Å². The van der Waals surface area contributed by atoms with E-state index in [1.54, 1.807) is 19.9 Å². The van der Waals surface area contributed by atoms with Crippen LogP contribution in [-0.2, 0) is 16.3 Å². The van der Waals surface area contributed by atoms with Gasteiger partial charge in [-0.25, -0.2) is 4.79 Å². The number of benzene rings is 2. The predicted molar refractivity (Wildman–Crippen MR) is 130 cm³/mol. The quantitative estimate of drug-likeness (QED) is 0.313. The molecule has 9 heteroatoms. The molecule has 0 aliphatic carbocycles. The third-order valence-corrected chi connectivity index (χ3v) is 5.66. The molecule has 2 heterocycles. The molecular formula is C26H21N3O5S. The van der Waals surface area contributed by atoms with Gasteiger partial charge in [0.1, 0.15) is 0 Å². The highest BCUT2D eigenvalue weighted by Gasteiger charge is 2.25. The van der Waals surface area contributed by atoms with E-state index < -0.39 is 17.5 Å². The number of pyridine rings is 1. The Bertz CT molecular complexity index is 1530. The average Bonchev–Trinajstić information content (AvgIpc) is 3.24. The van der Waals surface area contributed by atoms with Crippen molar-refractivity contribution in [2.75, 3.05) is 7.11 Å². The Hall–Kier alpha value is -4.42. The normalized spacial score (nSPS) is 10.1. The molecule has 0 saturated carbocycles. The summed E-state index contributed by atoms with van der Waals surface area (Å²) in [5.74, 6) is -0.793. The molecule has 8 nitrogen and oxygen atoms in total. The number of carbonyl (C=O) groups excluding carboxylic acids is 2. The third-order valence-electron chi connectivity index (χ3n) is 5.66. The smallest absolute Gasteiger partial charge is 0.339 e. The summed E-state index contributed by atoms with van der Waals surface area (Å²) in [5.41, 5.74) is 5.09. The van der Waals surface area contributed by atoms with Gasteiger partial charge in [0.05, 0.1) is 35.5 Å². The van der Waals surface area contributed by atoms with E-state index in [0.29, 0.717) is 28.1 Å². The van der Waals surface area contributed by atoms with Gasteiger partial charge in [0.25, 0.3) is 0 Å². The summed E-state index contributed by atoms with van der Waals surface area (Å²) in [5, 5.41) is 10.4. The SMILES string of the molecule is COC(=O)c1cnc(C)c(C(=O)c2cc3c(C)cc(C#N)cc3n2-c2ccccc2)c1C.O=S=O. The van der Waals surface area contributed by atoms with Crippen LogP contribution in [0.1, 0.15) is 48.8 Å². The van der Waals surface area contributed by atoms with E-state index in [-0.39, 0.29) is 11.3 Å². The molecule has 2 aromatic carbocycles. The second kappa shape index (κ2) is 10.7. The number of nitriles is 1. The summed E-state index contributed by atoms with van der Waals surface area (Å²) >= 11 is -0.750. The number of aryl methyl sites for hydroxylation is 2. The highest BCUT2D eigenvalue weighted by atomic mass is 32.1. The van der Waals surface area contributed by atoms with Crippen LogP contribution in [0.5, 0.6) is 0 Å². The van der Waals surface area contributed by atoms with Gasteiger partial charge in [-0.05, 0) is 62.2 Å². The zero-order valence-corrected chi connectivity index (χ0v) is 20.3. The number of ether oxygens (including phenoxy) is 1. The molecule has 4 rings (SSSR count). The summed E-state index contributed by atoms with van der Waals surface area (Å²) in [6.07, 6.45) is 1.43. The van der Waals surface area contributed by atoms with Crippen molar-refractivity contribution in [1.82, 2.24) is 9.55 Å². The molecule has 0 fully saturated rings. The molecule has 0 spiro atoms. The maximum atomic E-state index is 13.9. The Balaban J connectivity index is 0.00000108. The Labute approximate surface area is 205 Å². The molecule has 35 heavy (non-hydrogen) atoms. The number of rotatable bonds is 4. The number of esters is 1. The van der Waals surface area contributed by atoms with Crippen molar-refractivity contribution >= 4 is 34.2 Å². The van der Waals surface area contributed by atoms with E-state index in [4.69, 9.17) is 13.2 Å². The lowest BCUT2D eigenvalue weighted by molar-refractivity contribution is 0.0599. The number of fused-ring (bicyclic) bond motifs is 1. The van der Waals surface area contributed by atoms with Crippen molar-refractivity contribution in [2.24, 2.45) is 0 Å². The van der Waals surface area contributed by atoms with Gasteiger partial charge in [0.2, 0.25) is 5.78 Å². The first kappa shape index (κ1) is 25.2. The largest absolute Gasteiger partial charge is 0.465 e. The molecule has 176 valence electrons.